The fraction of sp³-hybridized carbons (Fsp3) is 0.0833. The molecule has 9 nitrogen and oxygen atoms in total. The molecular weight excluding hydrogens is 276 g/mol. The first-order valence-corrected chi connectivity index (χ1v) is 5.88. The van der Waals surface area contributed by atoms with Crippen LogP contribution in [0.5, 0.6) is 0 Å². The average molecular weight is 288 g/mol. The molecule has 0 atom stereocenters. The molecule has 0 aliphatic carbocycles. The molecule has 2 aromatic rings. The molecule has 0 aliphatic rings. The Bertz CT molecular complexity index is 686. The number of anilines is 2. The van der Waals surface area contributed by atoms with Gasteiger partial charge in [-0.15, -0.1) is 10.2 Å². The summed E-state index contributed by atoms with van der Waals surface area (Å²) in [7, 11) is 0. The summed E-state index contributed by atoms with van der Waals surface area (Å²) in [5.74, 6) is 5.01. The molecule has 0 unspecified atom stereocenters. The quantitative estimate of drug-likeness (QED) is 0.437. The Labute approximate surface area is 119 Å². The Morgan fingerprint density at radius 2 is 2.05 bits per heavy atom. The molecule has 1 heterocycles. The van der Waals surface area contributed by atoms with Gasteiger partial charge in [0.15, 0.2) is 11.5 Å². The zero-order chi connectivity index (χ0) is 15.4. The highest BCUT2D eigenvalue weighted by Gasteiger charge is 2.12. The van der Waals surface area contributed by atoms with Gasteiger partial charge in [0, 0.05) is 17.8 Å². The molecule has 0 fully saturated rings. The van der Waals surface area contributed by atoms with E-state index >= 15 is 0 Å². The molecule has 9 heteroatoms. The summed E-state index contributed by atoms with van der Waals surface area (Å²) in [5.41, 5.74) is 3.41. The normalized spacial score (nSPS) is 10.0. The molecule has 4 N–H and O–H groups in total. The zero-order valence-electron chi connectivity index (χ0n) is 11.0. The van der Waals surface area contributed by atoms with Gasteiger partial charge in [-0.25, -0.2) is 5.84 Å². The molecular formula is C12H12N6O3. The van der Waals surface area contributed by atoms with E-state index in [-0.39, 0.29) is 11.4 Å². The average Bonchev–Trinajstić information content (AvgIpc) is 2.49. The van der Waals surface area contributed by atoms with Crippen LogP contribution in [0.2, 0.25) is 0 Å². The minimum Gasteiger partial charge on any atom is -0.320 e. The maximum absolute atomic E-state index is 12.0. The molecule has 0 bridgehead atoms. The number of amides is 1. The maximum Gasteiger partial charge on any atom is 0.276 e. The van der Waals surface area contributed by atoms with E-state index in [2.05, 4.69) is 20.9 Å². The lowest BCUT2D eigenvalue weighted by Gasteiger charge is -2.07. The SMILES string of the molecule is Cc1cc([N+](=O)[O-])ccc1NC(=O)c1ccc(NN)nn1. The lowest BCUT2D eigenvalue weighted by molar-refractivity contribution is -0.384. The number of nitrogens with zero attached hydrogens (tertiary/aromatic N) is 3. The molecule has 0 saturated carbocycles. The van der Waals surface area contributed by atoms with E-state index in [1.165, 1.54) is 30.3 Å². The van der Waals surface area contributed by atoms with Crippen LogP contribution in [-0.4, -0.2) is 21.0 Å². The van der Waals surface area contributed by atoms with Crippen LogP contribution in [0.3, 0.4) is 0 Å². The minimum atomic E-state index is -0.497. The van der Waals surface area contributed by atoms with Gasteiger partial charge in [-0.3, -0.25) is 14.9 Å². The van der Waals surface area contributed by atoms with Gasteiger partial charge in [0.2, 0.25) is 0 Å². The summed E-state index contributed by atoms with van der Waals surface area (Å²) in [6.45, 7) is 1.66. The van der Waals surface area contributed by atoms with Crippen LogP contribution >= 0.6 is 0 Å². The first-order valence-electron chi connectivity index (χ1n) is 5.88. The Morgan fingerprint density at radius 3 is 2.57 bits per heavy atom. The number of nitrogen functional groups attached to an aromatic ring is 1. The zero-order valence-corrected chi connectivity index (χ0v) is 11.0. The van der Waals surface area contributed by atoms with Gasteiger partial charge in [0.1, 0.15) is 0 Å². The smallest absolute Gasteiger partial charge is 0.276 e. The standard InChI is InChI=1S/C12H12N6O3/c1-7-6-8(18(20)21)2-3-9(7)14-12(19)10-4-5-11(15-13)17-16-10/h2-6H,13H2,1H3,(H,14,19)(H,15,17). The van der Waals surface area contributed by atoms with E-state index in [9.17, 15) is 14.9 Å². The van der Waals surface area contributed by atoms with Gasteiger partial charge >= 0.3 is 0 Å². The van der Waals surface area contributed by atoms with Gasteiger partial charge in [-0.1, -0.05) is 0 Å². The fourth-order valence-corrected chi connectivity index (χ4v) is 1.62. The Hall–Kier alpha value is -3.07. The third kappa shape index (κ3) is 3.28. The van der Waals surface area contributed by atoms with E-state index in [0.717, 1.165) is 0 Å². The van der Waals surface area contributed by atoms with E-state index in [1.807, 2.05) is 0 Å². The van der Waals surface area contributed by atoms with Crippen molar-refractivity contribution in [2.45, 2.75) is 6.92 Å². The predicted molar refractivity (Wildman–Crippen MR) is 75.6 cm³/mol. The van der Waals surface area contributed by atoms with E-state index < -0.39 is 10.8 Å². The van der Waals surface area contributed by atoms with Gasteiger partial charge in [-0.2, -0.15) is 0 Å². The second-order valence-electron chi connectivity index (χ2n) is 4.16. The monoisotopic (exact) mass is 288 g/mol. The Balaban J connectivity index is 2.17. The highest BCUT2D eigenvalue weighted by Crippen LogP contribution is 2.21. The molecule has 1 aromatic carbocycles. The second-order valence-corrected chi connectivity index (χ2v) is 4.16. The number of nitrogens with one attached hydrogen (secondary N) is 2. The first kappa shape index (κ1) is 14.3. The predicted octanol–water partition coefficient (Wildman–Crippen LogP) is 1.23. The van der Waals surface area contributed by atoms with Crippen LogP contribution < -0.4 is 16.6 Å². The molecule has 108 valence electrons. The third-order valence-corrected chi connectivity index (χ3v) is 2.71. The molecule has 0 saturated heterocycles. The van der Waals surface area contributed by atoms with E-state index in [1.54, 1.807) is 6.92 Å². The van der Waals surface area contributed by atoms with Crippen LogP contribution in [-0.2, 0) is 0 Å². The van der Waals surface area contributed by atoms with Crippen molar-refractivity contribution in [3.63, 3.8) is 0 Å². The van der Waals surface area contributed by atoms with Crippen molar-refractivity contribution in [1.29, 1.82) is 0 Å². The fourth-order valence-electron chi connectivity index (χ4n) is 1.62. The number of carbonyl (C=O) groups excluding carboxylic acids is 1. The molecule has 0 aliphatic heterocycles. The van der Waals surface area contributed by atoms with E-state index in [4.69, 9.17) is 5.84 Å². The summed E-state index contributed by atoms with van der Waals surface area (Å²) in [6, 6.07) is 7.12. The number of rotatable bonds is 4. The van der Waals surface area contributed by atoms with Crippen LogP contribution in [0.25, 0.3) is 0 Å². The lowest BCUT2D eigenvalue weighted by atomic mass is 10.1. The van der Waals surface area contributed by atoms with Crippen molar-refractivity contribution in [1.82, 2.24) is 10.2 Å². The van der Waals surface area contributed by atoms with Gasteiger partial charge in [0.25, 0.3) is 11.6 Å². The third-order valence-electron chi connectivity index (χ3n) is 2.71. The van der Waals surface area contributed by atoms with Gasteiger partial charge in [-0.05, 0) is 30.7 Å². The number of aryl methyl sites for hydroxylation is 1. The minimum absolute atomic E-state index is 0.0383. The van der Waals surface area contributed by atoms with Crippen molar-refractivity contribution < 1.29 is 9.72 Å². The Morgan fingerprint density at radius 1 is 1.29 bits per heavy atom. The number of non-ortho nitro benzene ring substituents is 1. The molecule has 0 spiro atoms. The summed E-state index contributed by atoms with van der Waals surface area (Å²) in [5, 5.41) is 20.7. The van der Waals surface area contributed by atoms with E-state index in [0.29, 0.717) is 17.1 Å². The molecule has 0 radical (unpaired) electrons. The maximum atomic E-state index is 12.0. The van der Waals surface area contributed by atoms with Crippen LogP contribution in [0, 0.1) is 17.0 Å². The largest absolute Gasteiger partial charge is 0.320 e. The van der Waals surface area contributed by atoms with Crippen LogP contribution in [0.4, 0.5) is 17.2 Å². The van der Waals surface area contributed by atoms with Crippen molar-refractivity contribution >= 4 is 23.1 Å². The molecule has 21 heavy (non-hydrogen) atoms. The first-order chi connectivity index (χ1) is 10.0. The molecule has 1 aromatic heterocycles. The highest BCUT2D eigenvalue weighted by molar-refractivity contribution is 6.03. The number of benzene rings is 1. The van der Waals surface area contributed by atoms with Crippen molar-refractivity contribution in [2.24, 2.45) is 5.84 Å². The summed E-state index contributed by atoms with van der Waals surface area (Å²) in [4.78, 5) is 22.1. The number of hydrazine groups is 1. The number of aromatic nitrogens is 2. The number of carbonyl (C=O) groups is 1. The number of hydrogen-bond donors (Lipinski definition) is 3. The van der Waals surface area contributed by atoms with Gasteiger partial charge in [0.05, 0.1) is 4.92 Å². The highest BCUT2D eigenvalue weighted by atomic mass is 16.6. The lowest BCUT2D eigenvalue weighted by Crippen LogP contribution is -2.16. The summed E-state index contributed by atoms with van der Waals surface area (Å²) >= 11 is 0. The van der Waals surface area contributed by atoms with Crippen molar-refractivity contribution in [3.8, 4) is 0 Å². The van der Waals surface area contributed by atoms with Crippen molar-refractivity contribution in [3.05, 3.63) is 51.7 Å². The topological polar surface area (TPSA) is 136 Å². The van der Waals surface area contributed by atoms with Crippen LogP contribution in [0.1, 0.15) is 16.1 Å². The summed E-state index contributed by atoms with van der Waals surface area (Å²) in [6.07, 6.45) is 0. The van der Waals surface area contributed by atoms with Gasteiger partial charge < -0.3 is 10.7 Å². The van der Waals surface area contributed by atoms with Crippen molar-refractivity contribution in [2.75, 3.05) is 10.7 Å². The molecule has 1 amide bonds. The number of hydrogen-bond acceptors (Lipinski definition) is 7. The number of nitrogens with two attached hydrogens (primary N) is 1. The second kappa shape index (κ2) is 5.92. The molecule has 2 rings (SSSR count). The number of nitro groups is 1. The summed E-state index contributed by atoms with van der Waals surface area (Å²) < 4.78 is 0. The van der Waals surface area contributed by atoms with Crippen LogP contribution in [0.15, 0.2) is 30.3 Å². The Kier molecular flexibility index (Phi) is 4.05. The number of nitro benzene ring substituents is 1.